The second kappa shape index (κ2) is 5.36. The molecule has 0 spiro atoms. The molecule has 0 amide bonds. The molecule has 6 heteroatoms. The Labute approximate surface area is 92.3 Å². The summed E-state index contributed by atoms with van der Waals surface area (Å²) in [7, 11) is 0. The normalized spacial score (nSPS) is 38.5. The van der Waals surface area contributed by atoms with E-state index in [0.29, 0.717) is 6.42 Å². The second-order valence-electron chi connectivity index (χ2n) is 4.47. The van der Waals surface area contributed by atoms with Gasteiger partial charge in [-0.25, -0.2) is 4.72 Å². The minimum Gasteiger partial charge on any atom is -0.760 e. The molecule has 1 aliphatic carbocycles. The summed E-state index contributed by atoms with van der Waals surface area (Å²) in [6, 6.07) is 0. The van der Waals surface area contributed by atoms with Crippen molar-refractivity contribution in [2.45, 2.75) is 32.5 Å². The Morgan fingerprint density at radius 1 is 1.47 bits per heavy atom. The van der Waals surface area contributed by atoms with Gasteiger partial charge in [0.25, 0.3) is 0 Å². The van der Waals surface area contributed by atoms with Gasteiger partial charge >= 0.3 is 0 Å². The first-order valence-corrected chi connectivity index (χ1v) is 6.20. The van der Waals surface area contributed by atoms with Gasteiger partial charge in [0.2, 0.25) is 0 Å². The Balaban J connectivity index is 2.51. The Bertz CT molecular complexity index is 236. The van der Waals surface area contributed by atoms with Crippen LogP contribution in [0.25, 0.3) is 0 Å². The first-order valence-electron chi connectivity index (χ1n) is 5.12. The summed E-state index contributed by atoms with van der Waals surface area (Å²) in [5, 5.41) is 19.4. The molecule has 1 unspecified atom stereocenters. The zero-order valence-corrected chi connectivity index (χ0v) is 9.74. The molecule has 90 valence electrons. The van der Waals surface area contributed by atoms with E-state index in [0.717, 1.165) is 0 Å². The van der Waals surface area contributed by atoms with E-state index in [1.54, 1.807) is 0 Å². The lowest BCUT2D eigenvalue weighted by Gasteiger charge is -2.19. The first kappa shape index (κ1) is 13.1. The SMILES string of the molecule is CC(C)[C@@H]1C[C@H](CNS(=O)[O-])[C@@H](O)[C@H]1O. The van der Waals surface area contributed by atoms with Crippen LogP contribution in [-0.4, -0.2) is 37.7 Å². The fraction of sp³-hybridized carbons (Fsp3) is 1.00. The number of hydrogen-bond donors (Lipinski definition) is 3. The fourth-order valence-corrected chi connectivity index (χ4v) is 2.56. The van der Waals surface area contributed by atoms with Crippen LogP contribution in [0.15, 0.2) is 0 Å². The van der Waals surface area contributed by atoms with Crippen LogP contribution in [0.1, 0.15) is 20.3 Å². The summed E-state index contributed by atoms with van der Waals surface area (Å²) < 4.78 is 22.9. The second-order valence-corrected chi connectivity index (χ2v) is 5.23. The van der Waals surface area contributed by atoms with Crippen molar-refractivity contribution in [1.82, 2.24) is 4.72 Å². The van der Waals surface area contributed by atoms with Crippen molar-refractivity contribution >= 4 is 11.3 Å². The van der Waals surface area contributed by atoms with Crippen LogP contribution >= 0.6 is 0 Å². The molecule has 5 atom stereocenters. The van der Waals surface area contributed by atoms with Crippen LogP contribution in [-0.2, 0) is 11.3 Å². The predicted octanol–water partition coefficient (Wildman–Crippen LogP) is -0.616. The standard InChI is InChI=1S/C9H19NO4S/c1-5(2)7-3-6(4-10-15(13)14)8(11)9(7)12/h5-12H,3-4H2,1-2H3,(H,13,14)/p-1/t6-,7+,8-,9+/m1/s1. The molecule has 1 fully saturated rings. The monoisotopic (exact) mass is 236 g/mol. The van der Waals surface area contributed by atoms with E-state index in [1.807, 2.05) is 13.8 Å². The summed E-state index contributed by atoms with van der Waals surface area (Å²) in [4.78, 5) is 0. The molecule has 1 saturated carbocycles. The number of hydrogen-bond acceptors (Lipinski definition) is 4. The molecule has 1 rings (SSSR count). The summed E-state index contributed by atoms with van der Waals surface area (Å²) >= 11 is -2.30. The van der Waals surface area contributed by atoms with Crippen molar-refractivity contribution in [3.63, 3.8) is 0 Å². The molecule has 0 radical (unpaired) electrons. The van der Waals surface area contributed by atoms with Crippen LogP contribution in [0.2, 0.25) is 0 Å². The van der Waals surface area contributed by atoms with Crippen molar-refractivity contribution in [2.24, 2.45) is 17.8 Å². The number of aliphatic hydroxyl groups excluding tert-OH is 2. The number of nitrogens with one attached hydrogen (secondary N) is 1. The molecule has 0 aliphatic heterocycles. The van der Waals surface area contributed by atoms with Gasteiger partial charge in [-0.05, 0) is 18.3 Å². The van der Waals surface area contributed by atoms with Crippen molar-refractivity contribution in [3.8, 4) is 0 Å². The highest BCUT2D eigenvalue weighted by atomic mass is 32.2. The van der Waals surface area contributed by atoms with E-state index < -0.39 is 23.5 Å². The largest absolute Gasteiger partial charge is 0.760 e. The van der Waals surface area contributed by atoms with E-state index in [1.165, 1.54) is 0 Å². The number of rotatable bonds is 4. The van der Waals surface area contributed by atoms with Gasteiger partial charge < -0.3 is 14.8 Å². The molecule has 0 aromatic carbocycles. The van der Waals surface area contributed by atoms with E-state index in [4.69, 9.17) is 0 Å². The van der Waals surface area contributed by atoms with Crippen molar-refractivity contribution in [1.29, 1.82) is 0 Å². The van der Waals surface area contributed by atoms with Gasteiger partial charge in [-0.2, -0.15) is 0 Å². The van der Waals surface area contributed by atoms with Gasteiger partial charge in [0.1, 0.15) is 0 Å². The highest BCUT2D eigenvalue weighted by Gasteiger charge is 2.42. The van der Waals surface area contributed by atoms with Crippen molar-refractivity contribution in [2.75, 3.05) is 6.54 Å². The maximum atomic E-state index is 10.3. The van der Waals surface area contributed by atoms with Crippen molar-refractivity contribution < 1.29 is 19.0 Å². The van der Waals surface area contributed by atoms with Crippen molar-refractivity contribution in [3.05, 3.63) is 0 Å². The minimum absolute atomic E-state index is 0.0480. The van der Waals surface area contributed by atoms with Gasteiger partial charge in [-0.1, -0.05) is 13.8 Å². The molecule has 0 aromatic heterocycles. The molecule has 0 bridgehead atoms. The van der Waals surface area contributed by atoms with Crippen LogP contribution < -0.4 is 4.72 Å². The zero-order valence-electron chi connectivity index (χ0n) is 8.92. The van der Waals surface area contributed by atoms with Crippen LogP contribution in [0.3, 0.4) is 0 Å². The van der Waals surface area contributed by atoms with E-state index in [-0.39, 0.29) is 24.3 Å². The average molecular weight is 236 g/mol. The lowest BCUT2D eigenvalue weighted by Crippen LogP contribution is -2.34. The predicted molar refractivity (Wildman–Crippen MR) is 55.4 cm³/mol. The summed E-state index contributed by atoms with van der Waals surface area (Å²) in [5.41, 5.74) is 0. The fourth-order valence-electron chi connectivity index (χ4n) is 2.21. The number of aliphatic hydroxyl groups is 2. The van der Waals surface area contributed by atoms with E-state index in [2.05, 4.69) is 4.72 Å². The Hall–Kier alpha value is -0.0100. The summed E-state index contributed by atoms with van der Waals surface area (Å²) in [5.74, 6) is 0.148. The minimum atomic E-state index is -2.30. The molecule has 3 N–H and O–H groups in total. The quantitative estimate of drug-likeness (QED) is 0.567. The van der Waals surface area contributed by atoms with Gasteiger partial charge in [-0.15, -0.1) is 0 Å². The lowest BCUT2D eigenvalue weighted by atomic mass is 9.92. The molecular formula is C9H18NO4S-. The topological polar surface area (TPSA) is 92.6 Å². The van der Waals surface area contributed by atoms with E-state index in [9.17, 15) is 19.0 Å². The molecule has 5 nitrogen and oxygen atoms in total. The Kier molecular flexibility index (Phi) is 4.66. The third-order valence-corrected chi connectivity index (χ3v) is 3.57. The molecule has 0 heterocycles. The average Bonchev–Trinajstić information content (AvgIpc) is 2.41. The maximum Gasteiger partial charge on any atom is 0.0842 e. The summed E-state index contributed by atoms with van der Waals surface area (Å²) in [6.07, 6.45) is -0.908. The smallest absolute Gasteiger partial charge is 0.0842 e. The Morgan fingerprint density at radius 2 is 2.07 bits per heavy atom. The maximum absolute atomic E-state index is 10.3. The van der Waals surface area contributed by atoms with Gasteiger partial charge in [0, 0.05) is 23.7 Å². The third kappa shape index (κ3) is 3.22. The van der Waals surface area contributed by atoms with Crippen LogP contribution in [0, 0.1) is 17.8 Å². The zero-order chi connectivity index (χ0) is 11.6. The van der Waals surface area contributed by atoms with Crippen LogP contribution in [0.4, 0.5) is 0 Å². The highest BCUT2D eigenvalue weighted by molar-refractivity contribution is 7.77. The van der Waals surface area contributed by atoms with Gasteiger partial charge in [-0.3, -0.25) is 4.21 Å². The molecule has 1 aliphatic rings. The molecule has 0 aromatic rings. The van der Waals surface area contributed by atoms with Gasteiger partial charge in [0.15, 0.2) is 0 Å². The third-order valence-electron chi connectivity index (χ3n) is 3.17. The molecule has 0 saturated heterocycles. The summed E-state index contributed by atoms with van der Waals surface area (Å²) in [6.45, 7) is 4.17. The first-order chi connectivity index (χ1) is 6.93. The molecular weight excluding hydrogens is 218 g/mol. The van der Waals surface area contributed by atoms with Gasteiger partial charge in [0.05, 0.1) is 12.2 Å². The van der Waals surface area contributed by atoms with E-state index >= 15 is 0 Å². The highest BCUT2D eigenvalue weighted by Crippen LogP contribution is 2.35. The van der Waals surface area contributed by atoms with Crippen LogP contribution in [0.5, 0.6) is 0 Å². The lowest BCUT2D eigenvalue weighted by molar-refractivity contribution is -0.00299. The Morgan fingerprint density at radius 3 is 2.47 bits per heavy atom. The molecule has 15 heavy (non-hydrogen) atoms.